The number of fused-ring (bicyclic) bond motifs is 1. The number of nitrogens with one attached hydrogen (secondary N) is 1. The van der Waals surface area contributed by atoms with E-state index < -0.39 is 0 Å². The summed E-state index contributed by atoms with van der Waals surface area (Å²) >= 11 is 3.76. The summed E-state index contributed by atoms with van der Waals surface area (Å²) in [7, 11) is 0. The number of aryl methyl sites for hydroxylation is 2. The Balaban J connectivity index is 1.96. The Morgan fingerprint density at radius 3 is 2.76 bits per heavy atom. The van der Waals surface area contributed by atoms with Gasteiger partial charge in [-0.2, -0.15) is 0 Å². The van der Waals surface area contributed by atoms with Gasteiger partial charge in [0.15, 0.2) is 6.61 Å². The zero-order valence-corrected chi connectivity index (χ0v) is 13.5. The molecule has 2 aromatic rings. The number of alkyl halides is 1. The topological polar surface area (TPSA) is 38.3 Å². The maximum atomic E-state index is 11.4. The molecule has 0 saturated carbocycles. The molecule has 0 aliphatic carbocycles. The lowest BCUT2D eigenvalue weighted by Gasteiger charge is -2.20. The molecular weight excluding hydrogens is 330 g/mol. The van der Waals surface area contributed by atoms with Crippen LogP contribution in [-0.4, -0.2) is 12.5 Å². The van der Waals surface area contributed by atoms with Crippen LogP contribution in [0.2, 0.25) is 0 Å². The number of hydrogen-bond acceptors (Lipinski definition) is 2. The number of anilines is 1. The summed E-state index contributed by atoms with van der Waals surface area (Å²) in [6.45, 7) is 4.28. The van der Waals surface area contributed by atoms with Gasteiger partial charge in [-0.1, -0.05) is 45.8 Å². The van der Waals surface area contributed by atoms with E-state index in [1.165, 1.54) is 16.7 Å². The summed E-state index contributed by atoms with van der Waals surface area (Å²) in [6.07, 6.45) is 0. The Morgan fingerprint density at radius 1 is 1.19 bits per heavy atom. The number of benzene rings is 2. The van der Waals surface area contributed by atoms with Crippen LogP contribution in [0.4, 0.5) is 5.69 Å². The fourth-order valence-corrected chi connectivity index (χ4v) is 3.35. The molecule has 3 rings (SSSR count). The number of ether oxygens (including phenoxy) is 1. The highest BCUT2D eigenvalue weighted by Gasteiger charge is 2.19. The number of rotatable bonds is 2. The maximum absolute atomic E-state index is 11.4. The predicted octanol–water partition coefficient (Wildman–Crippen LogP) is 4.12. The maximum Gasteiger partial charge on any atom is 0.262 e. The molecule has 0 aromatic heterocycles. The minimum Gasteiger partial charge on any atom is -0.482 e. The van der Waals surface area contributed by atoms with Gasteiger partial charge in [-0.05, 0) is 42.7 Å². The average molecular weight is 346 g/mol. The van der Waals surface area contributed by atoms with E-state index in [2.05, 4.69) is 53.3 Å². The largest absolute Gasteiger partial charge is 0.482 e. The first kappa shape index (κ1) is 14.1. The summed E-state index contributed by atoms with van der Waals surface area (Å²) in [5.41, 5.74) is 5.55. The Labute approximate surface area is 132 Å². The van der Waals surface area contributed by atoms with Gasteiger partial charge in [0.05, 0.1) is 10.5 Å². The van der Waals surface area contributed by atoms with Crippen molar-refractivity contribution in [1.29, 1.82) is 0 Å². The van der Waals surface area contributed by atoms with Crippen molar-refractivity contribution in [3.8, 4) is 5.75 Å². The second-order valence-corrected chi connectivity index (χ2v) is 6.23. The molecule has 1 aliphatic heterocycles. The smallest absolute Gasteiger partial charge is 0.262 e. The first-order valence-electron chi connectivity index (χ1n) is 6.82. The lowest BCUT2D eigenvalue weighted by molar-refractivity contribution is -0.118. The molecule has 0 radical (unpaired) electrons. The Kier molecular flexibility index (Phi) is 3.72. The van der Waals surface area contributed by atoms with E-state index in [4.69, 9.17) is 4.74 Å². The first-order valence-corrected chi connectivity index (χ1v) is 7.74. The third-order valence-electron chi connectivity index (χ3n) is 3.63. The first-order chi connectivity index (χ1) is 10.0. The monoisotopic (exact) mass is 345 g/mol. The molecule has 1 atom stereocenters. The molecule has 4 heteroatoms. The van der Waals surface area contributed by atoms with Gasteiger partial charge in [0.1, 0.15) is 5.75 Å². The Hall–Kier alpha value is -1.81. The van der Waals surface area contributed by atoms with Crippen LogP contribution >= 0.6 is 15.9 Å². The van der Waals surface area contributed by atoms with E-state index in [1.54, 1.807) is 0 Å². The van der Waals surface area contributed by atoms with Crippen LogP contribution in [0.25, 0.3) is 0 Å². The number of halogens is 1. The zero-order valence-electron chi connectivity index (χ0n) is 11.9. The SMILES string of the molecule is Cc1ccc(C(Br)c2ccc3c(c2)NC(=O)CO3)c(C)c1. The number of carbonyl (C=O) groups is 1. The third kappa shape index (κ3) is 2.81. The van der Waals surface area contributed by atoms with Crippen LogP contribution in [0.3, 0.4) is 0 Å². The summed E-state index contributed by atoms with van der Waals surface area (Å²) in [5, 5.41) is 2.85. The van der Waals surface area contributed by atoms with Gasteiger partial charge in [0.25, 0.3) is 5.91 Å². The van der Waals surface area contributed by atoms with Crippen LogP contribution in [0.5, 0.6) is 5.75 Å². The predicted molar refractivity (Wildman–Crippen MR) is 87.3 cm³/mol. The van der Waals surface area contributed by atoms with Gasteiger partial charge in [0.2, 0.25) is 0 Å². The van der Waals surface area contributed by atoms with Crippen LogP contribution in [0, 0.1) is 13.8 Å². The molecule has 21 heavy (non-hydrogen) atoms. The minimum atomic E-state index is -0.114. The molecule has 108 valence electrons. The molecule has 1 amide bonds. The highest BCUT2D eigenvalue weighted by molar-refractivity contribution is 9.09. The quantitative estimate of drug-likeness (QED) is 0.831. The molecule has 3 nitrogen and oxygen atoms in total. The summed E-state index contributed by atoms with van der Waals surface area (Å²) < 4.78 is 5.39. The van der Waals surface area contributed by atoms with Crippen molar-refractivity contribution < 1.29 is 9.53 Å². The molecular formula is C17H16BrNO2. The van der Waals surface area contributed by atoms with Crippen molar-refractivity contribution in [2.75, 3.05) is 11.9 Å². The highest BCUT2D eigenvalue weighted by Crippen LogP contribution is 2.37. The number of carbonyl (C=O) groups excluding carboxylic acids is 1. The van der Waals surface area contributed by atoms with Crippen LogP contribution in [0.1, 0.15) is 27.1 Å². The summed E-state index contributed by atoms with van der Waals surface area (Å²) in [4.78, 5) is 11.5. The van der Waals surface area contributed by atoms with Crippen LogP contribution in [0.15, 0.2) is 36.4 Å². The van der Waals surface area contributed by atoms with E-state index in [0.717, 1.165) is 17.0 Å². The van der Waals surface area contributed by atoms with Crippen molar-refractivity contribution in [1.82, 2.24) is 0 Å². The van der Waals surface area contributed by atoms with Crippen LogP contribution < -0.4 is 10.1 Å². The van der Waals surface area contributed by atoms with Crippen molar-refractivity contribution in [3.63, 3.8) is 0 Å². The molecule has 0 spiro atoms. The summed E-state index contributed by atoms with van der Waals surface area (Å²) in [6, 6.07) is 12.3. The van der Waals surface area contributed by atoms with E-state index in [-0.39, 0.29) is 17.3 Å². The normalized spacial score (nSPS) is 14.9. The molecule has 0 saturated heterocycles. The van der Waals surface area contributed by atoms with Crippen molar-refractivity contribution >= 4 is 27.5 Å². The summed E-state index contributed by atoms with van der Waals surface area (Å²) in [5.74, 6) is 0.607. The van der Waals surface area contributed by atoms with E-state index in [0.29, 0.717) is 0 Å². The van der Waals surface area contributed by atoms with Gasteiger partial charge < -0.3 is 10.1 Å². The van der Waals surface area contributed by atoms with Gasteiger partial charge in [-0.25, -0.2) is 0 Å². The molecule has 1 unspecified atom stereocenters. The number of amides is 1. The molecule has 2 aromatic carbocycles. The lowest BCUT2D eigenvalue weighted by atomic mass is 9.98. The lowest BCUT2D eigenvalue weighted by Crippen LogP contribution is -2.25. The van der Waals surface area contributed by atoms with Gasteiger partial charge in [0, 0.05) is 0 Å². The second-order valence-electron chi connectivity index (χ2n) is 5.32. The molecule has 0 fully saturated rings. The van der Waals surface area contributed by atoms with E-state index >= 15 is 0 Å². The van der Waals surface area contributed by atoms with Crippen LogP contribution in [-0.2, 0) is 4.79 Å². The molecule has 1 N–H and O–H groups in total. The zero-order chi connectivity index (χ0) is 15.0. The molecule has 0 bridgehead atoms. The molecule has 1 aliphatic rings. The third-order valence-corrected chi connectivity index (χ3v) is 4.65. The van der Waals surface area contributed by atoms with Gasteiger partial charge in [-0.3, -0.25) is 4.79 Å². The minimum absolute atomic E-state index is 0.0845. The van der Waals surface area contributed by atoms with E-state index in [1.807, 2.05) is 18.2 Å². The standard InChI is InChI=1S/C17H16BrNO2/c1-10-3-5-13(11(2)7-10)17(18)12-4-6-15-14(8-12)19-16(20)9-21-15/h3-8,17H,9H2,1-2H3,(H,19,20). The molecule has 1 heterocycles. The fourth-order valence-electron chi connectivity index (χ4n) is 2.55. The highest BCUT2D eigenvalue weighted by atomic mass is 79.9. The second kappa shape index (κ2) is 5.53. The number of hydrogen-bond donors (Lipinski definition) is 1. The van der Waals surface area contributed by atoms with Gasteiger partial charge >= 0.3 is 0 Å². The van der Waals surface area contributed by atoms with E-state index in [9.17, 15) is 4.79 Å². The Bertz CT molecular complexity index is 712. The van der Waals surface area contributed by atoms with Gasteiger partial charge in [-0.15, -0.1) is 0 Å². The average Bonchev–Trinajstić information content (AvgIpc) is 2.46. The van der Waals surface area contributed by atoms with Crippen molar-refractivity contribution in [3.05, 3.63) is 58.7 Å². The Morgan fingerprint density at radius 2 is 2.00 bits per heavy atom. The van der Waals surface area contributed by atoms with Crippen molar-refractivity contribution in [2.45, 2.75) is 18.7 Å². The fraction of sp³-hybridized carbons (Fsp3) is 0.235. The van der Waals surface area contributed by atoms with Crippen molar-refractivity contribution in [2.24, 2.45) is 0 Å².